The molecular formula is C51H60N3Na3O11S. The standard InChI is InChI=1S/C51H63N3O11S.3Na/c1-26(33-14-15-37-45-38(25-43(59)50(33,37)3)49(2)18-17-31(57)20-27(49)21-40(45)58)7-16-44(60)54-39(46(61)62)6-4-5-19-52-48(66)53-28-8-11-34-32(22-28)47(63)65-51(34)35-12-9-29(55)23-41(35)64-42-24-30(56)10-13-36(42)51;;;/h8-13,22-24,26-27,31,33,37-40,43,45,55-59H,4-7,14-21,25H2,1-3H3,(H,54,60)(H,61,62)(H2,52,53,66);;;/q;3*+1/p-3/t26-,27+,31-,33-,37+,38+,39+,40-,43+,45+,49+,50-;;;/m1.../s1. The summed E-state index contributed by atoms with van der Waals surface area (Å²) in [7, 11) is 0. The number of benzene rings is 3. The van der Waals surface area contributed by atoms with Crippen molar-refractivity contribution in [2.45, 2.75) is 128 Å². The number of rotatable bonds is 12. The number of aliphatic hydroxyl groups excluding tert-OH is 3. The van der Waals surface area contributed by atoms with E-state index >= 15 is 0 Å². The van der Waals surface area contributed by atoms with Crippen molar-refractivity contribution in [3.05, 3.63) is 76.9 Å². The Morgan fingerprint density at radius 3 is 2.19 bits per heavy atom. The van der Waals surface area contributed by atoms with Crippen LogP contribution in [0, 0.1) is 46.3 Å². The summed E-state index contributed by atoms with van der Waals surface area (Å²) < 4.78 is 12.0. The molecule has 14 nitrogen and oxygen atoms in total. The second-order valence-electron chi connectivity index (χ2n) is 20.6. The average Bonchev–Trinajstić information content (AvgIpc) is 3.77. The van der Waals surface area contributed by atoms with E-state index in [0.717, 1.165) is 25.7 Å². The molecule has 0 radical (unpaired) electrons. The van der Waals surface area contributed by atoms with Crippen LogP contribution in [0.2, 0.25) is 0 Å². The number of fused-ring (bicyclic) bond motifs is 11. The number of esters is 1. The Morgan fingerprint density at radius 2 is 1.52 bits per heavy atom. The number of hydrogen-bond acceptors (Lipinski definition) is 12. The molecule has 0 unspecified atom stereocenters. The average molecular weight is 992 g/mol. The van der Waals surface area contributed by atoms with E-state index in [1.54, 1.807) is 30.3 Å². The molecule has 4 fully saturated rings. The number of aliphatic hydroxyl groups is 3. The number of hydrogen-bond donors (Lipinski definition) is 6. The van der Waals surface area contributed by atoms with Gasteiger partial charge in [-0.2, -0.15) is 0 Å². The SMILES string of the molecule is C[C@H](CCC(=O)N[C@@H](CCCCNC(=S)Nc1ccc2c(c1)C(=O)OC21c2ccc([O-])cc2Oc2cc([O-])ccc21)C(=O)[O-])[C@H]1CC[C@H]2[C@@H]3[C@H](O)C[C@@H]4C[C@H](O)CC[C@]4(C)[C@H]3C[C@H](O)[C@]12C.[Na+].[Na+].[Na+]. The molecule has 6 aliphatic rings. The molecule has 0 bridgehead atoms. The number of carboxylic acid groups (broad SMARTS) is 1. The van der Waals surface area contributed by atoms with Gasteiger partial charge in [-0.1, -0.05) is 51.1 Å². The molecule has 3 aromatic carbocycles. The van der Waals surface area contributed by atoms with E-state index in [2.05, 4.69) is 36.7 Å². The number of carbonyl (C=O) groups is 3. The van der Waals surface area contributed by atoms with Gasteiger partial charge in [-0.3, -0.25) is 4.79 Å². The van der Waals surface area contributed by atoms with Crippen molar-refractivity contribution in [1.29, 1.82) is 0 Å². The van der Waals surface area contributed by atoms with E-state index in [1.807, 2.05) is 0 Å². The summed E-state index contributed by atoms with van der Waals surface area (Å²) in [5.74, 6) is -1.54. The van der Waals surface area contributed by atoms with Crippen molar-refractivity contribution in [2.24, 2.45) is 46.3 Å². The van der Waals surface area contributed by atoms with Crippen molar-refractivity contribution >= 4 is 40.9 Å². The number of nitrogens with one attached hydrogen (secondary N) is 3. The molecule has 6 N–H and O–H groups in total. The van der Waals surface area contributed by atoms with Crippen molar-refractivity contribution in [3.63, 3.8) is 0 Å². The minimum absolute atomic E-state index is 0. The summed E-state index contributed by atoms with van der Waals surface area (Å²) in [4.78, 5) is 38.8. The van der Waals surface area contributed by atoms with Crippen LogP contribution in [0.3, 0.4) is 0 Å². The summed E-state index contributed by atoms with van der Waals surface area (Å²) in [6, 6.07) is 12.4. The summed E-state index contributed by atoms with van der Waals surface area (Å²) in [6.45, 7) is 7.04. The van der Waals surface area contributed by atoms with Gasteiger partial charge in [-0.25, -0.2) is 4.79 Å². The van der Waals surface area contributed by atoms with Gasteiger partial charge in [0.2, 0.25) is 5.91 Å². The fourth-order valence-corrected chi connectivity index (χ4v) is 14.0. The Balaban J connectivity index is 0.00000261. The van der Waals surface area contributed by atoms with Gasteiger partial charge in [0.05, 0.1) is 35.9 Å². The van der Waals surface area contributed by atoms with Crippen molar-refractivity contribution in [3.8, 4) is 23.0 Å². The Labute approximate surface area is 475 Å². The van der Waals surface area contributed by atoms with Crippen LogP contribution in [-0.4, -0.2) is 69.2 Å². The first-order chi connectivity index (χ1) is 31.4. The third-order valence-corrected chi connectivity index (χ3v) is 17.4. The minimum atomic E-state index is -1.44. The van der Waals surface area contributed by atoms with Gasteiger partial charge >= 0.3 is 94.6 Å². The monoisotopic (exact) mass is 991 g/mol. The first-order valence-electron chi connectivity index (χ1n) is 23.7. The zero-order valence-electron chi connectivity index (χ0n) is 40.7. The van der Waals surface area contributed by atoms with Crippen LogP contribution in [0.5, 0.6) is 23.0 Å². The Hall–Kier alpha value is -1.96. The molecule has 0 saturated heterocycles. The van der Waals surface area contributed by atoms with Gasteiger partial charge in [0, 0.05) is 35.3 Å². The number of anilines is 1. The maximum atomic E-state index is 13.5. The minimum Gasteiger partial charge on any atom is -0.872 e. The quantitative estimate of drug-likeness (QED) is 0.0435. The molecule has 2 aliphatic heterocycles. The number of unbranched alkanes of at least 4 members (excludes halogenated alkanes) is 1. The van der Waals surface area contributed by atoms with Gasteiger partial charge in [0.25, 0.3) is 0 Å². The molecule has 0 aromatic heterocycles. The molecule has 1 spiro atoms. The first kappa shape index (κ1) is 56.3. The molecule has 9 rings (SSSR count). The van der Waals surface area contributed by atoms with Crippen LogP contribution in [0.25, 0.3) is 0 Å². The zero-order valence-corrected chi connectivity index (χ0v) is 47.5. The van der Waals surface area contributed by atoms with Crippen LogP contribution in [0.15, 0.2) is 54.6 Å². The Morgan fingerprint density at radius 1 is 0.855 bits per heavy atom. The molecular weight excluding hydrogens is 932 g/mol. The summed E-state index contributed by atoms with van der Waals surface area (Å²) in [6.07, 6.45) is 6.12. The van der Waals surface area contributed by atoms with Crippen LogP contribution in [0.1, 0.15) is 125 Å². The van der Waals surface area contributed by atoms with E-state index in [1.165, 1.54) is 24.3 Å². The second kappa shape index (κ2) is 22.3. The number of carboxylic acids is 1. The smallest absolute Gasteiger partial charge is 0.872 e. The number of aliphatic carboxylic acids is 1. The van der Waals surface area contributed by atoms with E-state index in [-0.39, 0.29) is 188 Å². The van der Waals surface area contributed by atoms with Gasteiger partial charge in [0.1, 0.15) is 11.5 Å². The third kappa shape index (κ3) is 10.3. The largest absolute Gasteiger partial charge is 1.00 e. The Kier molecular flexibility index (Phi) is 18.2. The molecule has 3 aromatic rings. The van der Waals surface area contributed by atoms with Crippen molar-refractivity contribution < 1.29 is 143 Å². The zero-order chi connectivity index (χ0) is 46.9. The molecule has 12 atom stereocenters. The predicted molar refractivity (Wildman–Crippen MR) is 241 cm³/mol. The van der Waals surface area contributed by atoms with Gasteiger partial charge < -0.3 is 60.9 Å². The van der Waals surface area contributed by atoms with Gasteiger partial charge in [-0.15, -0.1) is 11.5 Å². The van der Waals surface area contributed by atoms with Crippen molar-refractivity contribution in [1.82, 2.24) is 10.6 Å². The molecule has 1 amide bonds. The van der Waals surface area contributed by atoms with Crippen LogP contribution in [0.4, 0.5) is 5.69 Å². The first-order valence-corrected chi connectivity index (χ1v) is 24.1. The predicted octanol–water partition coefficient (Wildman–Crippen LogP) is -4.52. The fraction of sp³-hybridized carbons (Fsp3) is 0.569. The van der Waals surface area contributed by atoms with E-state index in [9.17, 15) is 45.0 Å². The third-order valence-electron chi connectivity index (χ3n) is 17.2. The number of carbonyl (C=O) groups excluding carboxylic acids is 3. The maximum absolute atomic E-state index is 13.5. The van der Waals surface area contributed by atoms with E-state index < -0.39 is 41.2 Å². The number of thiocarbonyl (C=S) groups is 1. The Bertz CT molecular complexity index is 2380. The number of ether oxygens (including phenoxy) is 2. The van der Waals surface area contributed by atoms with E-state index in [0.29, 0.717) is 67.4 Å². The van der Waals surface area contributed by atoms with Crippen LogP contribution in [-0.2, 0) is 19.9 Å². The van der Waals surface area contributed by atoms with Gasteiger partial charge in [0.15, 0.2) is 10.7 Å². The van der Waals surface area contributed by atoms with E-state index in [4.69, 9.17) is 21.7 Å². The van der Waals surface area contributed by atoms with Crippen molar-refractivity contribution in [2.75, 3.05) is 11.9 Å². The van der Waals surface area contributed by atoms with Crippen LogP contribution >= 0.6 is 12.2 Å². The molecule has 4 saturated carbocycles. The molecule has 69 heavy (non-hydrogen) atoms. The summed E-state index contributed by atoms with van der Waals surface area (Å²) in [5.41, 5.74) is 0.355. The fourth-order valence-electron chi connectivity index (χ4n) is 13.8. The molecule has 18 heteroatoms. The van der Waals surface area contributed by atoms with Gasteiger partial charge in [-0.05, 0) is 153 Å². The normalized spacial score (nSPS) is 30.5. The molecule has 354 valence electrons. The molecule has 4 aliphatic carbocycles. The topological polar surface area (TPSA) is 236 Å². The maximum Gasteiger partial charge on any atom is 1.00 e. The second-order valence-corrected chi connectivity index (χ2v) is 21.0. The number of amides is 1. The summed E-state index contributed by atoms with van der Waals surface area (Å²) >= 11 is 5.53. The molecule has 2 heterocycles. The summed E-state index contributed by atoms with van der Waals surface area (Å²) in [5, 5.41) is 79.7. The van der Waals surface area contributed by atoms with Crippen LogP contribution < -0.4 is 125 Å².